The molecule has 0 saturated carbocycles. The Hall–Kier alpha value is -2.74. The molecule has 0 unspecified atom stereocenters. The van der Waals surface area contributed by atoms with Crippen LogP contribution in [0.2, 0.25) is 0 Å². The van der Waals surface area contributed by atoms with Crippen molar-refractivity contribution in [1.82, 2.24) is 10.2 Å². The van der Waals surface area contributed by atoms with E-state index in [4.69, 9.17) is 4.42 Å². The molecule has 30 heavy (non-hydrogen) atoms. The first kappa shape index (κ1) is 20.5. The number of benzene rings is 1. The number of para-hydroxylation sites is 1. The van der Waals surface area contributed by atoms with E-state index in [0.717, 1.165) is 21.9 Å². The third-order valence-corrected chi connectivity index (χ3v) is 6.93. The first-order valence-electron chi connectivity index (χ1n) is 9.98. The van der Waals surface area contributed by atoms with Gasteiger partial charge in [-0.1, -0.05) is 19.1 Å². The molecular weight excluding hydrogens is 402 g/mol. The minimum atomic E-state index is -1.25. The van der Waals surface area contributed by atoms with Gasteiger partial charge < -0.3 is 14.6 Å². The number of fused-ring (bicyclic) bond motifs is 1. The van der Waals surface area contributed by atoms with Crippen molar-refractivity contribution in [3.05, 3.63) is 47.4 Å². The van der Waals surface area contributed by atoms with Gasteiger partial charge in [0.1, 0.15) is 23.6 Å². The average Bonchev–Trinajstić information content (AvgIpc) is 3.06. The lowest BCUT2D eigenvalue weighted by atomic mass is 9.92. The average molecular weight is 428 g/mol. The molecule has 7 nitrogen and oxygen atoms in total. The van der Waals surface area contributed by atoms with E-state index in [-0.39, 0.29) is 12.5 Å². The minimum absolute atomic E-state index is 0.273. The maximum atomic E-state index is 13.2. The second kappa shape index (κ2) is 7.50. The fourth-order valence-electron chi connectivity index (χ4n) is 4.12. The number of furan rings is 1. The van der Waals surface area contributed by atoms with Crippen LogP contribution in [0.15, 0.2) is 39.6 Å². The Morgan fingerprint density at radius 2 is 2.03 bits per heavy atom. The van der Waals surface area contributed by atoms with Gasteiger partial charge in [0.25, 0.3) is 5.91 Å². The first-order chi connectivity index (χ1) is 14.2. The number of hydrogen-bond donors (Lipinski definition) is 1. The van der Waals surface area contributed by atoms with Gasteiger partial charge in [-0.15, -0.1) is 11.8 Å². The highest BCUT2D eigenvalue weighted by atomic mass is 32.2. The van der Waals surface area contributed by atoms with Crippen molar-refractivity contribution in [3.8, 4) is 0 Å². The molecule has 0 spiro atoms. The molecule has 2 aliphatic heterocycles. The number of thioether (sulfide) groups is 1. The van der Waals surface area contributed by atoms with E-state index in [2.05, 4.69) is 12.2 Å². The van der Waals surface area contributed by atoms with Crippen LogP contribution in [0.5, 0.6) is 0 Å². The van der Waals surface area contributed by atoms with Gasteiger partial charge in [0.05, 0.1) is 5.69 Å². The van der Waals surface area contributed by atoms with E-state index < -0.39 is 17.5 Å². The SMILES string of the molecule is Cc1cc([C@]2(C)NC(=O)N(CC(=O)N3CC[C@@H](C)Sc4ccccc43)C2=O)c(C)o1. The number of rotatable bonds is 3. The predicted molar refractivity (Wildman–Crippen MR) is 115 cm³/mol. The van der Waals surface area contributed by atoms with Gasteiger partial charge in [0, 0.05) is 22.3 Å². The van der Waals surface area contributed by atoms with Crippen molar-refractivity contribution < 1.29 is 18.8 Å². The van der Waals surface area contributed by atoms with Crippen LogP contribution in [0.3, 0.4) is 0 Å². The lowest BCUT2D eigenvalue weighted by Crippen LogP contribution is -2.45. The Bertz CT molecular complexity index is 1030. The Labute approximate surface area is 179 Å². The second-order valence-corrected chi connectivity index (χ2v) is 9.48. The molecule has 158 valence electrons. The van der Waals surface area contributed by atoms with E-state index in [1.807, 2.05) is 24.3 Å². The minimum Gasteiger partial charge on any atom is -0.466 e. The number of carbonyl (C=O) groups excluding carboxylic acids is 3. The molecule has 1 N–H and O–H groups in total. The number of carbonyl (C=O) groups is 3. The van der Waals surface area contributed by atoms with Gasteiger partial charge in [-0.2, -0.15) is 0 Å². The number of urea groups is 1. The van der Waals surface area contributed by atoms with E-state index in [1.54, 1.807) is 43.5 Å². The van der Waals surface area contributed by atoms with Crippen molar-refractivity contribution in [2.75, 3.05) is 18.0 Å². The van der Waals surface area contributed by atoms with Gasteiger partial charge in [0.2, 0.25) is 5.91 Å². The van der Waals surface area contributed by atoms with Gasteiger partial charge >= 0.3 is 6.03 Å². The summed E-state index contributed by atoms with van der Waals surface area (Å²) in [6.45, 7) is 7.57. The third kappa shape index (κ3) is 3.39. The summed E-state index contributed by atoms with van der Waals surface area (Å²) >= 11 is 1.73. The summed E-state index contributed by atoms with van der Waals surface area (Å²) in [6.07, 6.45) is 0.830. The standard InChI is InChI=1S/C22H25N3O4S/c1-13-11-16(15(3)29-13)22(4)20(27)25(21(28)23-22)12-19(26)24-10-9-14(2)30-18-8-6-5-7-17(18)24/h5-8,11,14H,9-10,12H2,1-4H3,(H,23,28)/t14-,22+/m1/s1. The maximum Gasteiger partial charge on any atom is 0.325 e. The third-order valence-electron chi connectivity index (χ3n) is 5.69. The molecule has 1 aromatic carbocycles. The molecule has 2 aromatic rings. The van der Waals surface area contributed by atoms with E-state index >= 15 is 0 Å². The highest BCUT2D eigenvalue weighted by Crippen LogP contribution is 2.38. The summed E-state index contributed by atoms with van der Waals surface area (Å²) < 4.78 is 5.55. The van der Waals surface area contributed by atoms with Crippen molar-refractivity contribution in [2.45, 2.75) is 49.8 Å². The van der Waals surface area contributed by atoms with Crippen LogP contribution in [-0.2, 0) is 15.1 Å². The lowest BCUT2D eigenvalue weighted by molar-refractivity contribution is -0.134. The molecule has 2 atom stereocenters. The predicted octanol–water partition coefficient (Wildman–Crippen LogP) is 3.58. The normalized spacial score (nSPS) is 23.9. The van der Waals surface area contributed by atoms with Gasteiger partial charge in [-0.25, -0.2) is 4.79 Å². The smallest absolute Gasteiger partial charge is 0.325 e. The van der Waals surface area contributed by atoms with E-state index in [0.29, 0.717) is 28.9 Å². The molecule has 8 heteroatoms. The highest BCUT2D eigenvalue weighted by molar-refractivity contribution is 8.00. The van der Waals surface area contributed by atoms with Crippen LogP contribution in [0.4, 0.5) is 10.5 Å². The largest absolute Gasteiger partial charge is 0.466 e. The molecule has 0 bridgehead atoms. The van der Waals surface area contributed by atoms with Crippen LogP contribution in [0.25, 0.3) is 0 Å². The molecule has 0 radical (unpaired) electrons. The van der Waals surface area contributed by atoms with Crippen molar-refractivity contribution in [1.29, 1.82) is 0 Å². The summed E-state index contributed by atoms with van der Waals surface area (Å²) in [5.74, 6) is 0.512. The quantitative estimate of drug-likeness (QED) is 0.757. The van der Waals surface area contributed by atoms with Gasteiger partial charge in [-0.3, -0.25) is 14.5 Å². The molecule has 1 aromatic heterocycles. The molecule has 3 heterocycles. The topological polar surface area (TPSA) is 82.9 Å². The van der Waals surface area contributed by atoms with Crippen molar-refractivity contribution in [2.24, 2.45) is 0 Å². The van der Waals surface area contributed by atoms with Crippen LogP contribution < -0.4 is 10.2 Å². The van der Waals surface area contributed by atoms with Crippen molar-refractivity contribution >= 4 is 35.3 Å². The monoisotopic (exact) mass is 427 g/mol. The summed E-state index contributed by atoms with van der Waals surface area (Å²) in [4.78, 5) is 42.8. The maximum absolute atomic E-state index is 13.2. The van der Waals surface area contributed by atoms with Crippen LogP contribution in [0, 0.1) is 13.8 Å². The number of hydrogen-bond acceptors (Lipinski definition) is 5. The van der Waals surface area contributed by atoms with Crippen LogP contribution in [0.1, 0.15) is 37.4 Å². The first-order valence-corrected chi connectivity index (χ1v) is 10.9. The molecule has 1 saturated heterocycles. The molecule has 4 amide bonds. The second-order valence-electron chi connectivity index (χ2n) is 8.00. The molecule has 0 aliphatic carbocycles. The zero-order valence-electron chi connectivity index (χ0n) is 17.5. The molecule has 4 rings (SSSR count). The molecule has 2 aliphatic rings. The zero-order chi connectivity index (χ0) is 21.6. The summed E-state index contributed by atoms with van der Waals surface area (Å²) in [5, 5.41) is 3.12. The highest BCUT2D eigenvalue weighted by Gasteiger charge is 2.51. The Morgan fingerprint density at radius 1 is 1.30 bits per heavy atom. The van der Waals surface area contributed by atoms with Crippen LogP contribution >= 0.6 is 11.8 Å². The van der Waals surface area contributed by atoms with Gasteiger partial charge in [0.15, 0.2) is 0 Å². The summed E-state index contributed by atoms with van der Waals surface area (Å²) in [5.41, 5.74) is 0.187. The number of amides is 4. The van der Waals surface area contributed by atoms with E-state index in [9.17, 15) is 14.4 Å². The summed E-state index contributed by atoms with van der Waals surface area (Å²) in [7, 11) is 0. The number of nitrogens with one attached hydrogen (secondary N) is 1. The number of imide groups is 1. The zero-order valence-corrected chi connectivity index (χ0v) is 18.3. The Kier molecular flexibility index (Phi) is 5.13. The Morgan fingerprint density at radius 3 is 2.73 bits per heavy atom. The van der Waals surface area contributed by atoms with E-state index in [1.165, 1.54) is 0 Å². The summed E-state index contributed by atoms with van der Waals surface area (Å²) in [6, 6.07) is 8.93. The van der Waals surface area contributed by atoms with Crippen LogP contribution in [-0.4, -0.2) is 41.1 Å². The van der Waals surface area contributed by atoms with Gasteiger partial charge in [-0.05, 0) is 45.4 Å². The lowest BCUT2D eigenvalue weighted by Gasteiger charge is -2.25. The fourth-order valence-corrected chi connectivity index (χ4v) is 5.23. The number of nitrogens with zero attached hydrogens (tertiary/aromatic N) is 2. The molecule has 1 fully saturated rings. The Balaban J connectivity index is 1.59. The fraction of sp³-hybridized carbons (Fsp3) is 0.409. The number of anilines is 1. The molecular formula is C22H25N3O4S. The number of aryl methyl sites for hydroxylation is 2. The van der Waals surface area contributed by atoms with Crippen molar-refractivity contribution in [3.63, 3.8) is 0 Å².